The summed E-state index contributed by atoms with van der Waals surface area (Å²) < 4.78 is 4.88. The fourth-order valence-electron chi connectivity index (χ4n) is 1.28. The van der Waals surface area contributed by atoms with E-state index < -0.39 is 5.97 Å². The molecule has 0 saturated carbocycles. The van der Waals surface area contributed by atoms with Crippen molar-refractivity contribution >= 4 is 18.8 Å². The summed E-state index contributed by atoms with van der Waals surface area (Å²) in [6.07, 6.45) is 4.81. The SMILES string of the molecule is O=C(O)C1=C(c2ccoc2)C=C[B]1. The van der Waals surface area contributed by atoms with Crippen LogP contribution in [0.4, 0.5) is 0 Å². The van der Waals surface area contributed by atoms with Crippen LogP contribution >= 0.6 is 0 Å². The van der Waals surface area contributed by atoms with E-state index in [1.54, 1.807) is 25.4 Å². The van der Waals surface area contributed by atoms with E-state index in [0.29, 0.717) is 11.0 Å². The molecule has 0 aliphatic carbocycles. The molecule has 0 atom stereocenters. The van der Waals surface area contributed by atoms with E-state index in [0.717, 1.165) is 5.56 Å². The summed E-state index contributed by atoms with van der Waals surface area (Å²) in [6, 6.07) is 1.74. The van der Waals surface area contributed by atoms with Gasteiger partial charge in [-0.2, -0.15) is 0 Å². The number of carbonyl (C=O) groups is 1. The fraction of sp³-hybridized carbons (Fsp3) is 0. The molecule has 0 spiro atoms. The van der Waals surface area contributed by atoms with Gasteiger partial charge in [0, 0.05) is 11.0 Å². The number of rotatable bonds is 2. The molecule has 0 fully saturated rings. The van der Waals surface area contributed by atoms with E-state index in [4.69, 9.17) is 9.52 Å². The quantitative estimate of drug-likeness (QED) is 0.685. The fourth-order valence-corrected chi connectivity index (χ4v) is 1.28. The van der Waals surface area contributed by atoms with Crippen LogP contribution in [-0.4, -0.2) is 18.4 Å². The van der Waals surface area contributed by atoms with E-state index in [1.807, 2.05) is 0 Å². The van der Waals surface area contributed by atoms with Gasteiger partial charge in [0.15, 0.2) is 7.28 Å². The maximum absolute atomic E-state index is 10.7. The van der Waals surface area contributed by atoms with Gasteiger partial charge in [-0.3, -0.25) is 0 Å². The molecule has 13 heavy (non-hydrogen) atoms. The Labute approximate surface area is 75.6 Å². The first-order valence-corrected chi connectivity index (χ1v) is 3.80. The molecule has 1 radical (unpaired) electrons. The molecule has 1 aliphatic heterocycles. The summed E-state index contributed by atoms with van der Waals surface area (Å²) in [6.45, 7) is 0. The second kappa shape index (κ2) is 2.97. The summed E-state index contributed by atoms with van der Waals surface area (Å²) in [5.74, 6) is 0.799. The van der Waals surface area contributed by atoms with Gasteiger partial charge in [-0.1, -0.05) is 6.08 Å². The number of carboxylic acid groups (broad SMARTS) is 1. The van der Waals surface area contributed by atoms with Crippen molar-refractivity contribution in [2.24, 2.45) is 0 Å². The minimum Gasteiger partial charge on any atom is -0.478 e. The van der Waals surface area contributed by atoms with Crippen LogP contribution in [0.1, 0.15) is 5.56 Å². The molecule has 2 rings (SSSR count). The number of furan rings is 1. The predicted octanol–water partition coefficient (Wildman–Crippen LogP) is 1.31. The lowest BCUT2D eigenvalue weighted by molar-refractivity contribution is -0.131. The summed E-state index contributed by atoms with van der Waals surface area (Å²) in [5.41, 5.74) is 1.80. The lowest BCUT2D eigenvalue weighted by Gasteiger charge is -1.98. The van der Waals surface area contributed by atoms with E-state index in [9.17, 15) is 4.79 Å². The van der Waals surface area contributed by atoms with Crippen molar-refractivity contribution in [2.45, 2.75) is 0 Å². The molecule has 0 bridgehead atoms. The third kappa shape index (κ3) is 1.31. The van der Waals surface area contributed by atoms with Gasteiger partial charge in [-0.05, 0) is 11.6 Å². The van der Waals surface area contributed by atoms with Crippen molar-refractivity contribution in [3.63, 3.8) is 0 Å². The van der Waals surface area contributed by atoms with Crippen molar-refractivity contribution in [1.82, 2.24) is 0 Å². The Kier molecular flexibility index (Phi) is 1.81. The number of allylic oxidation sites excluding steroid dienone is 2. The minimum absolute atomic E-state index is 0.307. The van der Waals surface area contributed by atoms with Crippen molar-refractivity contribution in [1.29, 1.82) is 0 Å². The van der Waals surface area contributed by atoms with E-state index >= 15 is 0 Å². The Hall–Kier alpha value is -1.71. The van der Waals surface area contributed by atoms with E-state index in [-0.39, 0.29) is 0 Å². The second-order valence-corrected chi connectivity index (χ2v) is 2.67. The van der Waals surface area contributed by atoms with E-state index in [1.165, 1.54) is 12.5 Å². The largest absolute Gasteiger partial charge is 0.478 e. The Bertz CT molecular complexity index is 387. The zero-order chi connectivity index (χ0) is 9.26. The van der Waals surface area contributed by atoms with Gasteiger partial charge < -0.3 is 9.52 Å². The van der Waals surface area contributed by atoms with Crippen molar-refractivity contribution in [3.8, 4) is 0 Å². The molecular weight excluding hydrogens is 167 g/mol. The van der Waals surface area contributed by atoms with Crippen LogP contribution in [0.25, 0.3) is 5.57 Å². The van der Waals surface area contributed by atoms with E-state index in [2.05, 4.69) is 0 Å². The zero-order valence-electron chi connectivity index (χ0n) is 6.73. The van der Waals surface area contributed by atoms with Gasteiger partial charge in [-0.15, -0.1) is 5.98 Å². The van der Waals surface area contributed by atoms with Crippen LogP contribution in [0, 0.1) is 0 Å². The molecular formula is C9H6BO3. The topological polar surface area (TPSA) is 50.4 Å². The first-order chi connectivity index (χ1) is 6.29. The summed E-state index contributed by atoms with van der Waals surface area (Å²) in [4.78, 5) is 10.7. The highest BCUT2D eigenvalue weighted by Crippen LogP contribution is 2.24. The molecule has 4 heteroatoms. The second-order valence-electron chi connectivity index (χ2n) is 2.67. The summed E-state index contributed by atoms with van der Waals surface area (Å²) in [5, 5.41) is 8.82. The highest BCUT2D eigenvalue weighted by atomic mass is 16.4. The molecule has 3 nitrogen and oxygen atoms in total. The Balaban J connectivity index is 2.46. The standard InChI is InChI=1S/C9H6BO3/c11-9(12)8-7(1-3-10-8)6-2-4-13-5-6/h1-5H,(H,11,12). The van der Waals surface area contributed by atoms with Crippen LogP contribution in [0.3, 0.4) is 0 Å². The van der Waals surface area contributed by atoms with Crippen LogP contribution in [0.5, 0.6) is 0 Å². The maximum Gasteiger partial charge on any atom is 0.322 e. The third-order valence-electron chi connectivity index (χ3n) is 1.88. The van der Waals surface area contributed by atoms with Crippen molar-refractivity contribution in [3.05, 3.63) is 41.7 Å². The molecule has 0 aromatic carbocycles. The van der Waals surface area contributed by atoms with Gasteiger partial charge in [0.1, 0.15) is 0 Å². The predicted molar refractivity (Wildman–Crippen MR) is 48.2 cm³/mol. The Morgan fingerprint density at radius 1 is 1.54 bits per heavy atom. The third-order valence-corrected chi connectivity index (χ3v) is 1.88. The van der Waals surface area contributed by atoms with Crippen LogP contribution in [0.2, 0.25) is 0 Å². The van der Waals surface area contributed by atoms with Gasteiger partial charge >= 0.3 is 5.97 Å². The molecule has 1 aliphatic rings. The molecule has 63 valence electrons. The number of hydrogen-bond donors (Lipinski definition) is 1. The van der Waals surface area contributed by atoms with Gasteiger partial charge in [0.25, 0.3) is 0 Å². The van der Waals surface area contributed by atoms with Crippen LogP contribution < -0.4 is 0 Å². The molecule has 1 N–H and O–H groups in total. The van der Waals surface area contributed by atoms with Gasteiger partial charge in [0.2, 0.25) is 0 Å². The smallest absolute Gasteiger partial charge is 0.322 e. The molecule has 0 amide bonds. The summed E-state index contributed by atoms with van der Waals surface area (Å²) >= 11 is 0. The highest BCUT2D eigenvalue weighted by molar-refractivity contribution is 6.62. The average molecular weight is 173 g/mol. The Morgan fingerprint density at radius 3 is 3.00 bits per heavy atom. The average Bonchev–Trinajstić information content (AvgIpc) is 2.74. The molecule has 1 aromatic rings. The van der Waals surface area contributed by atoms with Crippen molar-refractivity contribution < 1.29 is 14.3 Å². The maximum atomic E-state index is 10.7. The van der Waals surface area contributed by atoms with Crippen LogP contribution in [-0.2, 0) is 4.79 Å². The normalized spacial score (nSPS) is 14.8. The van der Waals surface area contributed by atoms with Gasteiger partial charge in [-0.25, -0.2) is 4.79 Å². The molecule has 0 saturated heterocycles. The molecule has 2 heterocycles. The van der Waals surface area contributed by atoms with Crippen LogP contribution in [0.15, 0.2) is 40.5 Å². The van der Waals surface area contributed by atoms with Crippen molar-refractivity contribution in [2.75, 3.05) is 0 Å². The monoisotopic (exact) mass is 173 g/mol. The Morgan fingerprint density at radius 2 is 2.38 bits per heavy atom. The number of aliphatic carboxylic acids is 1. The minimum atomic E-state index is -0.916. The zero-order valence-corrected chi connectivity index (χ0v) is 6.73. The lowest BCUT2D eigenvalue weighted by Crippen LogP contribution is -2.05. The highest BCUT2D eigenvalue weighted by Gasteiger charge is 2.18. The first kappa shape index (κ1) is 7.92. The number of hydrogen-bond acceptors (Lipinski definition) is 2. The molecule has 0 unspecified atom stereocenters. The number of carboxylic acids is 1. The summed E-state index contributed by atoms with van der Waals surface area (Å²) in [7, 11) is 1.57. The lowest BCUT2D eigenvalue weighted by atomic mass is 9.72. The molecule has 1 aromatic heterocycles. The first-order valence-electron chi connectivity index (χ1n) is 3.80. The van der Waals surface area contributed by atoms with Gasteiger partial charge in [0.05, 0.1) is 12.5 Å².